The van der Waals surface area contributed by atoms with Gasteiger partial charge in [-0.2, -0.15) is 0 Å². The Bertz CT molecular complexity index is 1560. The summed E-state index contributed by atoms with van der Waals surface area (Å²) in [6.45, 7) is 2.36. The highest BCUT2D eigenvalue weighted by atomic mass is 15.2. The number of rotatable bonds is 3. The van der Waals surface area contributed by atoms with Crippen LogP contribution >= 0.6 is 0 Å². The topological polar surface area (TPSA) is 40.5 Å². The van der Waals surface area contributed by atoms with Crippen molar-refractivity contribution in [3.63, 3.8) is 0 Å². The van der Waals surface area contributed by atoms with Gasteiger partial charge >= 0.3 is 0 Å². The van der Waals surface area contributed by atoms with E-state index in [4.69, 9.17) is 9.98 Å². The molecule has 2 aromatic rings. The van der Waals surface area contributed by atoms with Crippen LogP contribution in [0.2, 0.25) is 0 Å². The second-order valence-corrected chi connectivity index (χ2v) is 11.7. The predicted molar refractivity (Wildman–Crippen MR) is 159 cm³/mol. The zero-order valence-corrected chi connectivity index (χ0v) is 22.4. The van der Waals surface area contributed by atoms with Crippen molar-refractivity contribution in [3.05, 3.63) is 125 Å². The first-order valence-electron chi connectivity index (χ1n) is 14.6. The Hall–Kier alpha value is -3.92. The van der Waals surface area contributed by atoms with Crippen molar-refractivity contribution < 1.29 is 0 Å². The fourth-order valence-corrected chi connectivity index (χ4v) is 7.48. The molecule has 194 valence electrons. The van der Waals surface area contributed by atoms with Crippen LogP contribution in [0, 0.1) is 11.8 Å². The van der Waals surface area contributed by atoms with Crippen molar-refractivity contribution in [3.8, 4) is 0 Å². The number of hydrogen-bond acceptors (Lipinski definition) is 4. The number of nitrogens with one attached hydrogen (secondary N) is 1. The molecule has 8 rings (SSSR count). The summed E-state index contributed by atoms with van der Waals surface area (Å²) in [5.41, 5.74) is 10.7. The van der Waals surface area contributed by atoms with Gasteiger partial charge < -0.3 is 10.2 Å². The van der Waals surface area contributed by atoms with Gasteiger partial charge in [-0.05, 0) is 67.4 Å². The van der Waals surface area contributed by atoms with Gasteiger partial charge in [0, 0.05) is 52.0 Å². The normalized spacial score (nSPS) is 30.1. The van der Waals surface area contributed by atoms with Crippen molar-refractivity contribution in [1.29, 1.82) is 0 Å². The summed E-state index contributed by atoms with van der Waals surface area (Å²) >= 11 is 0. The van der Waals surface area contributed by atoms with Crippen LogP contribution in [-0.4, -0.2) is 16.7 Å². The molecule has 5 atom stereocenters. The molecular weight excluding hydrogens is 476 g/mol. The number of hydrogen-bond donors (Lipinski definition) is 1. The molecule has 3 aliphatic carbocycles. The minimum atomic E-state index is 0.172. The average Bonchev–Trinajstić information content (AvgIpc) is 3.54. The highest BCUT2D eigenvalue weighted by Gasteiger charge is 2.39. The Balaban J connectivity index is 1.15. The van der Waals surface area contributed by atoms with E-state index in [0.29, 0.717) is 17.8 Å². The summed E-state index contributed by atoms with van der Waals surface area (Å²) < 4.78 is 0. The van der Waals surface area contributed by atoms with Gasteiger partial charge in [0.05, 0.1) is 12.1 Å². The van der Waals surface area contributed by atoms with Crippen LogP contribution in [0.1, 0.15) is 62.1 Å². The van der Waals surface area contributed by atoms with E-state index in [1.54, 1.807) is 0 Å². The van der Waals surface area contributed by atoms with Crippen LogP contribution in [0.3, 0.4) is 0 Å². The Morgan fingerprint density at radius 3 is 2.92 bits per heavy atom. The lowest BCUT2D eigenvalue weighted by molar-refractivity contribution is 0.522. The summed E-state index contributed by atoms with van der Waals surface area (Å²) in [4.78, 5) is 12.8. The fraction of sp³-hybridized carbons (Fsp3) is 0.314. The van der Waals surface area contributed by atoms with Gasteiger partial charge in [0.15, 0.2) is 0 Å². The number of nitrogens with zero attached hydrogens (tertiary/aromatic N) is 3. The highest BCUT2D eigenvalue weighted by Crippen LogP contribution is 2.47. The first-order valence-corrected chi connectivity index (χ1v) is 14.6. The minimum absolute atomic E-state index is 0.172. The van der Waals surface area contributed by atoms with Crippen LogP contribution in [0.15, 0.2) is 119 Å². The van der Waals surface area contributed by atoms with E-state index in [1.165, 1.54) is 45.1 Å². The third-order valence-electron chi connectivity index (χ3n) is 9.41. The molecule has 1 aromatic carbocycles. The summed E-state index contributed by atoms with van der Waals surface area (Å²) in [6.07, 6.45) is 25.8. The standard InChI is InChI=1S/C35H34N4/c1-22-18-19-30(37-33(22)29-14-7-13-27-25-11-2-4-16-31(25)38-34(27)29)23-9-6-10-24(21-23)39-32-17-5-3-12-26(32)28-15-8-20-36-35(28)39/h2-3,5-12,14-15,17,20-22,26-27,30,32,38H,4,13,16,18-19H2,1H3. The zero-order valence-electron chi connectivity index (χ0n) is 22.4. The molecule has 0 spiro atoms. The molecule has 1 N–H and O–H groups in total. The molecule has 5 unspecified atom stereocenters. The quantitative estimate of drug-likeness (QED) is 0.459. The van der Waals surface area contributed by atoms with Crippen molar-refractivity contribution in [2.75, 3.05) is 4.90 Å². The molecular formula is C35H34N4. The molecule has 0 amide bonds. The monoisotopic (exact) mass is 510 g/mol. The van der Waals surface area contributed by atoms with E-state index in [1.807, 2.05) is 6.20 Å². The van der Waals surface area contributed by atoms with Crippen LogP contribution < -0.4 is 10.2 Å². The van der Waals surface area contributed by atoms with Gasteiger partial charge in [0.1, 0.15) is 5.82 Å². The molecule has 0 fully saturated rings. The van der Waals surface area contributed by atoms with Gasteiger partial charge in [0.25, 0.3) is 0 Å². The van der Waals surface area contributed by atoms with E-state index in [0.717, 1.165) is 37.9 Å². The number of allylic oxidation sites excluding steroid dienone is 9. The molecule has 0 saturated heterocycles. The van der Waals surface area contributed by atoms with E-state index in [-0.39, 0.29) is 12.1 Å². The molecule has 0 saturated carbocycles. The van der Waals surface area contributed by atoms with Crippen molar-refractivity contribution in [1.82, 2.24) is 10.3 Å². The molecule has 4 heteroatoms. The predicted octanol–water partition coefficient (Wildman–Crippen LogP) is 7.76. The third-order valence-corrected chi connectivity index (χ3v) is 9.41. The van der Waals surface area contributed by atoms with Crippen LogP contribution in [0.5, 0.6) is 0 Å². The highest BCUT2D eigenvalue weighted by molar-refractivity contribution is 6.05. The van der Waals surface area contributed by atoms with Crippen molar-refractivity contribution in [2.45, 2.75) is 57.0 Å². The molecule has 1 aromatic heterocycles. The number of benzene rings is 1. The van der Waals surface area contributed by atoms with Gasteiger partial charge in [-0.1, -0.05) is 73.7 Å². The van der Waals surface area contributed by atoms with E-state index >= 15 is 0 Å². The summed E-state index contributed by atoms with van der Waals surface area (Å²) in [5.74, 6) is 2.34. The van der Waals surface area contributed by atoms with E-state index < -0.39 is 0 Å². The van der Waals surface area contributed by atoms with Crippen molar-refractivity contribution >= 4 is 17.2 Å². The lowest BCUT2D eigenvalue weighted by Gasteiger charge is -2.31. The van der Waals surface area contributed by atoms with Gasteiger partial charge in [-0.25, -0.2) is 4.98 Å². The third kappa shape index (κ3) is 3.65. The van der Waals surface area contributed by atoms with Gasteiger partial charge in [-0.3, -0.25) is 4.99 Å². The smallest absolute Gasteiger partial charge is 0.137 e. The molecule has 6 aliphatic rings. The van der Waals surface area contributed by atoms with Gasteiger partial charge in [-0.15, -0.1) is 0 Å². The first-order chi connectivity index (χ1) is 19.3. The Labute approximate surface area is 230 Å². The molecule has 4 heterocycles. The lowest BCUT2D eigenvalue weighted by atomic mass is 9.80. The number of pyridine rings is 1. The van der Waals surface area contributed by atoms with Crippen molar-refractivity contribution in [2.24, 2.45) is 16.8 Å². The second-order valence-electron chi connectivity index (χ2n) is 11.7. The summed E-state index contributed by atoms with van der Waals surface area (Å²) in [5, 5.41) is 3.85. The second kappa shape index (κ2) is 9.08. The molecule has 0 bridgehead atoms. The Kier molecular flexibility index (Phi) is 5.36. The Morgan fingerprint density at radius 2 is 1.95 bits per heavy atom. The van der Waals surface area contributed by atoms with Crippen LogP contribution in [0.25, 0.3) is 0 Å². The number of aromatic nitrogens is 1. The lowest BCUT2D eigenvalue weighted by Crippen LogP contribution is -2.29. The minimum Gasteiger partial charge on any atom is -0.361 e. The maximum Gasteiger partial charge on any atom is 0.137 e. The van der Waals surface area contributed by atoms with Crippen LogP contribution in [0.4, 0.5) is 11.5 Å². The van der Waals surface area contributed by atoms with E-state index in [2.05, 4.69) is 102 Å². The average molecular weight is 511 g/mol. The maximum absolute atomic E-state index is 5.50. The van der Waals surface area contributed by atoms with Crippen LogP contribution in [-0.2, 0) is 0 Å². The maximum atomic E-state index is 5.50. The number of anilines is 2. The zero-order chi connectivity index (χ0) is 25.9. The molecule has 4 nitrogen and oxygen atoms in total. The number of fused-ring (bicyclic) bond motifs is 5. The Morgan fingerprint density at radius 1 is 1.00 bits per heavy atom. The molecule has 0 radical (unpaired) electrons. The largest absolute Gasteiger partial charge is 0.361 e. The molecule has 3 aliphatic heterocycles. The molecule has 39 heavy (non-hydrogen) atoms. The fourth-order valence-electron chi connectivity index (χ4n) is 7.48. The number of aliphatic imine (C=N–C) groups is 1. The van der Waals surface area contributed by atoms with Gasteiger partial charge in [0.2, 0.25) is 0 Å². The first kappa shape index (κ1) is 23.0. The summed E-state index contributed by atoms with van der Waals surface area (Å²) in [6, 6.07) is 13.8. The SMILES string of the molecule is CC1CCC(c2cccc(N3c4ncccc4C4C=CC=CC43)c2)N=C1C1=C2NC3=C(C=CCC3)C2CC=C1. The summed E-state index contributed by atoms with van der Waals surface area (Å²) in [7, 11) is 0. The van der Waals surface area contributed by atoms with E-state index in [9.17, 15) is 0 Å².